The van der Waals surface area contributed by atoms with Crippen LogP contribution in [0.15, 0.2) is 48.1 Å². The van der Waals surface area contributed by atoms with Gasteiger partial charge >= 0.3 is 0 Å². The van der Waals surface area contributed by atoms with E-state index in [2.05, 4.69) is 41.4 Å². The van der Waals surface area contributed by atoms with Gasteiger partial charge in [-0.15, -0.1) is 11.3 Å². The first-order chi connectivity index (χ1) is 19.4. The predicted octanol–water partition coefficient (Wildman–Crippen LogP) is 3.55. The number of carbonyl (C=O) groups excluding carboxylic acids is 1. The zero-order chi connectivity index (χ0) is 28.2. The fraction of sp³-hybridized carbons (Fsp3) is 0.448. The summed E-state index contributed by atoms with van der Waals surface area (Å²) in [4.78, 5) is 27.8. The normalized spacial score (nSPS) is 16.8. The number of hydrogen-bond donors (Lipinski definition) is 3. The largest absolute Gasteiger partial charge is 0.374 e. The molecular weight excluding hydrogens is 524 g/mol. The van der Waals surface area contributed by atoms with Gasteiger partial charge in [0.15, 0.2) is 5.65 Å². The van der Waals surface area contributed by atoms with Crippen molar-refractivity contribution in [3.63, 3.8) is 0 Å². The molecule has 5 heterocycles. The van der Waals surface area contributed by atoms with Gasteiger partial charge in [-0.1, -0.05) is 19.9 Å². The molecule has 1 aliphatic rings. The number of nitrogens with zero attached hydrogens (tertiary/aromatic N) is 6. The number of carbonyl (C=O) groups is 1. The van der Waals surface area contributed by atoms with Crippen LogP contribution < -0.4 is 15.5 Å². The summed E-state index contributed by atoms with van der Waals surface area (Å²) in [6.07, 6.45) is 4.60. The molecule has 40 heavy (non-hydrogen) atoms. The van der Waals surface area contributed by atoms with Crippen molar-refractivity contribution < 1.29 is 9.90 Å². The quantitative estimate of drug-likeness (QED) is 0.225. The van der Waals surface area contributed by atoms with Crippen LogP contribution in [0, 0.1) is 0 Å². The van der Waals surface area contributed by atoms with Crippen molar-refractivity contribution >= 4 is 28.7 Å². The van der Waals surface area contributed by atoms with Gasteiger partial charge in [0.1, 0.15) is 18.1 Å². The number of amides is 1. The first-order valence-corrected chi connectivity index (χ1v) is 14.9. The van der Waals surface area contributed by atoms with Crippen molar-refractivity contribution in [2.45, 2.75) is 51.9 Å². The summed E-state index contributed by atoms with van der Waals surface area (Å²) in [6, 6.07) is 9.75. The number of aromatic nitrogens is 4. The summed E-state index contributed by atoms with van der Waals surface area (Å²) in [5.74, 6) is 0.609. The Labute approximate surface area is 239 Å². The highest BCUT2D eigenvalue weighted by atomic mass is 32.1. The van der Waals surface area contributed by atoms with E-state index >= 15 is 0 Å². The zero-order valence-corrected chi connectivity index (χ0v) is 24.4. The Hall–Kier alpha value is -3.38. The number of pyridine rings is 1. The van der Waals surface area contributed by atoms with Crippen LogP contribution in [0.3, 0.4) is 0 Å². The zero-order valence-electron chi connectivity index (χ0n) is 23.5. The molecule has 212 valence electrons. The van der Waals surface area contributed by atoms with Crippen molar-refractivity contribution in [3.05, 3.63) is 53.7 Å². The number of likely N-dealkylation sites (N-methyl/N-ethyl adjacent to an activating group) is 2. The molecule has 11 heteroatoms. The fourth-order valence-electron chi connectivity index (χ4n) is 5.20. The summed E-state index contributed by atoms with van der Waals surface area (Å²) in [7, 11) is 1.65. The number of anilines is 1. The molecule has 3 atom stereocenters. The molecule has 0 aromatic carbocycles. The maximum absolute atomic E-state index is 12.5. The van der Waals surface area contributed by atoms with Gasteiger partial charge in [-0.25, -0.2) is 14.5 Å². The Balaban J connectivity index is 1.50. The van der Waals surface area contributed by atoms with E-state index in [0.29, 0.717) is 35.8 Å². The molecule has 4 aromatic rings. The summed E-state index contributed by atoms with van der Waals surface area (Å²) in [5.41, 5.74) is 3.64. The van der Waals surface area contributed by atoms with E-state index in [1.165, 1.54) is 0 Å². The number of thiophene rings is 1. The third kappa shape index (κ3) is 5.73. The van der Waals surface area contributed by atoms with Gasteiger partial charge in [-0.3, -0.25) is 15.0 Å². The minimum Gasteiger partial charge on any atom is -0.374 e. The molecule has 1 fully saturated rings. The second kappa shape index (κ2) is 12.4. The molecule has 0 radical (unpaired) electrons. The van der Waals surface area contributed by atoms with Crippen molar-refractivity contribution in [2.24, 2.45) is 0 Å². The van der Waals surface area contributed by atoms with E-state index in [1.54, 1.807) is 29.1 Å². The molecule has 0 aliphatic carbocycles. The van der Waals surface area contributed by atoms with Gasteiger partial charge in [0.25, 0.3) is 0 Å². The Morgan fingerprint density at radius 2 is 2.10 bits per heavy atom. The minimum atomic E-state index is -0.903. The van der Waals surface area contributed by atoms with Gasteiger partial charge in [0.2, 0.25) is 5.91 Å². The highest BCUT2D eigenvalue weighted by Gasteiger charge is 2.35. The summed E-state index contributed by atoms with van der Waals surface area (Å²) in [5, 5.41) is 23.9. The van der Waals surface area contributed by atoms with E-state index in [-0.39, 0.29) is 18.0 Å². The maximum atomic E-state index is 12.5. The van der Waals surface area contributed by atoms with Crippen molar-refractivity contribution in [1.29, 1.82) is 0 Å². The van der Waals surface area contributed by atoms with E-state index < -0.39 is 6.23 Å². The molecule has 0 saturated carbocycles. The van der Waals surface area contributed by atoms with E-state index in [1.807, 2.05) is 46.8 Å². The Morgan fingerprint density at radius 3 is 2.77 bits per heavy atom. The number of aliphatic hydroxyl groups is 1. The average Bonchev–Trinajstić information content (AvgIpc) is 3.64. The van der Waals surface area contributed by atoms with Crippen LogP contribution in [0.2, 0.25) is 0 Å². The van der Waals surface area contributed by atoms with Crippen molar-refractivity contribution in [3.8, 4) is 21.8 Å². The van der Waals surface area contributed by atoms with Crippen LogP contribution in [0.5, 0.6) is 0 Å². The van der Waals surface area contributed by atoms with E-state index in [9.17, 15) is 9.90 Å². The first-order valence-electron chi connectivity index (χ1n) is 14.0. The van der Waals surface area contributed by atoms with Crippen molar-refractivity contribution in [2.75, 3.05) is 38.1 Å². The molecule has 5 rings (SSSR count). The third-order valence-electron chi connectivity index (χ3n) is 7.58. The lowest BCUT2D eigenvalue weighted by Gasteiger charge is -2.40. The second-order valence-corrected chi connectivity index (χ2v) is 11.1. The molecule has 1 aliphatic heterocycles. The lowest BCUT2D eigenvalue weighted by atomic mass is 10.0. The second-order valence-electron chi connectivity index (χ2n) is 10.2. The van der Waals surface area contributed by atoms with Gasteiger partial charge in [0.05, 0.1) is 28.0 Å². The van der Waals surface area contributed by atoms with Crippen LogP contribution >= 0.6 is 11.3 Å². The van der Waals surface area contributed by atoms with Gasteiger partial charge in [-0.05, 0) is 62.5 Å². The molecule has 1 unspecified atom stereocenters. The lowest BCUT2D eigenvalue weighted by molar-refractivity contribution is -0.123. The highest BCUT2D eigenvalue weighted by Crippen LogP contribution is 2.33. The average molecular weight is 563 g/mol. The number of hydrogen-bond acceptors (Lipinski definition) is 9. The molecule has 1 saturated heterocycles. The summed E-state index contributed by atoms with van der Waals surface area (Å²) >= 11 is 1.63. The van der Waals surface area contributed by atoms with Gasteiger partial charge < -0.3 is 15.3 Å². The summed E-state index contributed by atoms with van der Waals surface area (Å²) in [6.45, 7) is 9.84. The fourth-order valence-corrected chi connectivity index (χ4v) is 5.89. The van der Waals surface area contributed by atoms with Crippen LogP contribution in [0.4, 0.5) is 5.82 Å². The number of fused-ring (bicyclic) bond motifs is 1. The maximum Gasteiger partial charge on any atom is 0.242 e. The van der Waals surface area contributed by atoms with Crippen LogP contribution in [0.25, 0.3) is 27.5 Å². The Bertz CT molecular complexity index is 1440. The predicted molar refractivity (Wildman–Crippen MR) is 159 cm³/mol. The van der Waals surface area contributed by atoms with Crippen LogP contribution in [0.1, 0.15) is 45.4 Å². The van der Waals surface area contributed by atoms with E-state index in [4.69, 9.17) is 9.97 Å². The van der Waals surface area contributed by atoms with Gasteiger partial charge in [0, 0.05) is 37.9 Å². The number of nitrogens with one attached hydrogen (secondary N) is 2. The molecule has 0 bridgehead atoms. The molecule has 3 N–H and O–H groups in total. The lowest BCUT2D eigenvalue weighted by Crippen LogP contribution is -2.56. The van der Waals surface area contributed by atoms with Crippen LogP contribution in [-0.4, -0.2) is 80.8 Å². The molecule has 10 nitrogen and oxygen atoms in total. The first kappa shape index (κ1) is 28.2. The highest BCUT2D eigenvalue weighted by molar-refractivity contribution is 7.13. The number of aliphatic hydroxyl groups excluding tert-OH is 1. The standard InChI is InChI=1S/C29H38N8O2S/c1-5-11-35(6-2)19(3)17-31-28(38)20-15-23(33-26(16-20)36-12-10-24(36)29(39)30-4)21-18-32-37-13-9-22(34-27(21)37)25-8-7-14-40-25/h7-9,13-16,18-19,24,28,31,38H,5-6,10-12,17H2,1-4H3,(H,30,39)/t19-,24-,28?/m0/s1. The minimum absolute atomic E-state index is 0.0404. The monoisotopic (exact) mass is 562 g/mol. The van der Waals surface area contributed by atoms with Crippen molar-refractivity contribution in [1.82, 2.24) is 35.1 Å². The molecule has 1 amide bonds. The SMILES string of the molecule is CCCN(CC)[C@@H](C)CNC(O)c1cc(-c2cnn3ccc(-c4cccs4)nc23)nc(N2CC[C@H]2C(=O)NC)c1. The summed E-state index contributed by atoms with van der Waals surface area (Å²) < 4.78 is 1.74. The smallest absolute Gasteiger partial charge is 0.242 e. The Kier molecular flexibility index (Phi) is 8.75. The molecule has 4 aromatic heterocycles. The third-order valence-corrected chi connectivity index (χ3v) is 8.47. The Morgan fingerprint density at radius 1 is 1.25 bits per heavy atom. The van der Waals surface area contributed by atoms with E-state index in [0.717, 1.165) is 42.1 Å². The topological polar surface area (TPSA) is 111 Å². The number of rotatable bonds is 12. The van der Waals surface area contributed by atoms with Gasteiger partial charge in [-0.2, -0.15) is 5.10 Å². The molecule has 0 spiro atoms. The van der Waals surface area contributed by atoms with Crippen LogP contribution in [-0.2, 0) is 4.79 Å². The molecular formula is C29H38N8O2S.